The van der Waals surface area contributed by atoms with Crippen molar-refractivity contribution in [1.82, 2.24) is 20.4 Å². The van der Waals surface area contributed by atoms with Gasteiger partial charge in [0.2, 0.25) is 0 Å². The summed E-state index contributed by atoms with van der Waals surface area (Å²) in [4.78, 5) is 9.95. The molecule has 0 aromatic carbocycles. The predicted molar refractivity (Wildman–Crippen MR) is 127 cm³/mol. The molecule has 0 bridgehead atoms. The van der Waals surface area contributed by atoms with Gasteiger partial charge in [-0.05, 0) is 58.4 Å². The molecular weight excluding hydrogens is 457 g/mol. The van der Waals surface area contributed by atoms with Crippen LogP contribution in [-0.4, -0.2) is 85.7 Å². The van der Waals surface area contributed by atoms with Gasteiger partial charge in [-0.2, -0.15) is 11.8 Å². The SMILES string of the molecule is CCNC(=NCCCCN1CCN(CC)CC1)NC1CCC(SC)C1.I. The third-order valence-corrected chi connectivity index (χ3v) is 6.56. The number of nitrogens with zero attached hydrogens (tertiary/aromatic N) is 3. The van der Waals surface area contributed by atoms with Gasteiger partial charge >= 0.3 is 0 Å². The maximum atomic E-state index is 4.80. The zero-order valence-corrected chi connectivity index (χ0v) is 20.2. The monoisotopic (exact) mass is 497 g/mol. The summed E-state index contributed by atoms with van der Waals surface area (Å²) in [7, 11) is 0. The fourth-order valence-electron chi connectivity index (χ4n) is 3.77. The Morgan fingerprint density at radius 1 is 1.08 bits per heavy atom. The Morgan fingerprint density at radius 3 is 2.42 bits per heavy atom. The summed E-state index contributed by atoms with van der Waals surface area (Å²) in [6, 6.07) is 0.602. The summed E-state index contributed by atoms with van der Waals surface area (Å²) in [6.45, 7) is 13.6. The lowest BCUT2D eigenvalue weighted by molar-refractivity contribution is 0.136. The topological polar surface area (TPSA) is 42.9 Å². The molecule has 26 heavy (non-hydrogen) atoms. The molecule has 2 rings (SSSR count). The van der Waals surface area contributed by atoms with E-state index >= 15 is 0 Å². The average Bonchev–Trinajstić information content (AvgIpc) is 3.09. The second kappa shape index (κ2) is 14.3. The van der Waals surface area contributed by atoms with Gasteiger partial charge in [-0.1, -0.05) is 6.92 Å². The molecule has 2 aliphatic rings. The minimum atomic E-state index is 0. The maximum Gasteiger partial charge on any atom is 0.191 e. The molecule has 0 radical (unpaired) electrons. The first-order valence-corrected chi connectivity index (χ1v) is 11.6. The number of likely N-dealkylation sites (N-methyl/N-ethyl adjacent to an activating group) is 1. The van der Waals surface area contributed by atoms with Crippen LogP contribution in [0.1, 0.15) is 46.0 Å². The second-order valence-corrected chi connectivity index (χ2v) is 8.39. The number of rotatable bonds is 9. The number of guanidine groups is 1. The molecule has 1 saturated carbocycles. The predicted octanol–water partition coefficient (Wildman–Crippen LogP) is 2.86. The van der Waals surface area contributed by atoms with E-state index in [9.17, 15) is 0 Å². The van der Waals surface area contributed by atoms with Crippen LogP contribution in [0, 0.1) is 0 Å². The average molecular weight is 498 g/mol. The molecule has 1 aliphatic carbocycles. The molecule has 0 aromatic rings. The third-order valence-electron chi connectivity index (χ3n) is 5.47. The summed E-state index contributed by atoms with van der Waals surface area (Å²) >= 11 is 2.01. The number of thioether (sulfide) groups is 1. The highest BCUT2D eigenvalue weighted by molar-refractivity contribution is 14.0. The molecular formula is C19H40IN5S. The molecule has 1 heterocycles. The largest absolute Gasteiger partial charge is 0.357 e. The molecule has 1 saturated heterocycles. The smallest absolute Gasteiger partial charge is 0.191 e. The quantitative estimate of drug-likeness (QED) is 0.222. The van der Waals surface area contributed by atoms with Crippen molar-refractivity contribution >= 4 is 41.7 Å². The highest BCUT2D eigenvalue weighted by atomic mass is 127. The van der Waals surface area contributed by atoms with Crippen LogP contribution in [0.4, 0.5) is 0 Å². The molecule has 1 aliphatic heterocycles. The minimum absolute atomic E-state index is 0. The second-order valence-electron chi connectivity index (χ2n) is 7.26. The number of unbranched alkanes of at least 4 members (excludes halogenated alkanes) is 1. The van der Waals surface area contributed by atoms with Crippen LogP contribution < -0.4 is 10.6 Å². The van der Waals surface area contributed by atoms with Gasteiger partial charge in [0.25, 0.3) is 0 Å². The highest BCUT2D eigenvalue weighted by Crippen LogP contribution is 2.27. The fourth-order valence-corrected chi connectivity index (χ4v) is 4.56. The van der Waals surface area contributed by atoms with Crippen molar-refractivity contribution < 1.29 is 0 Å². The Hall–Kier alpha value is 0.270. The van der Waals surface area contributed by atoms with E-state index in [2.05, 4.69) is 40.5 Å². The lowest BCUT2D eigenvalue weighted by atomic mass is 10.2. The Morgan fingerprint density at radius 2 is 1.81 bits per heavy atom. The van der Waals surface area contributed by atoms with Gasteiger partial charge in [0.1, 0.15) is 0 Å². The molecule has 2 unspecified atom stereocenters. The van der Waals surface area contributed by atoms with Crippen LogP contribution in [-0.2, 0) is 0 Å². The molecule has 154 valence electrons. The highest BCUT2D eigenvalue weighted by Gasteiger charge is 2.24. The number of piperazine rings is 1. The van der Waals surface area contributed by atoms with Crippen LogP contribution in [0.3, 0.4) is 0 Å². The van der Waals surface area contributed by atoms with E-state index in [0.29, 0.717) is 6.04 Å². The van der Waals surface area contributed by atoms with Crippen molar-refractivity contribution in [1.29, 1.82) is 0 Å². The molecule has 2 N–H and O–H groups in total. The van der Waals surface area contributed by atoms with E-state index < -0.39 is 0 Å². The van der Waals surface area contributed by atoms with Gasteiger partial charge < -0.3 is 20.4 Å². The first-order valence-electron chi connectivity index (χ1n) is 10.3. The van der Waals surface area contributed by atoms with Crippen molar-refractivity contribution in [2.45, 2.75) is 57.2 Å². The molecule has 2 atom stereocenters. The summed E-state index contributed by atoms with van der Waals surface area (Å²) < 4.78 is 0. The van der Waals surface area contributed by atoms with Crippen molar-refractivity contribution in [2.24, 2.45) is 4.99 Å². The van der Waals surface area contributed by atoms with Gasteiger partial charge in [-0.3, -0.25) is 4.99 Å². The molecule has 2 fully saturated rings. The fraction of sp³-hybridized carbons (Fsp3) is 0.947. The van der Waals surface area contributed by atoms with Crippen molar-refractivity contribution in [2.75, 3.05) is 58.6 Å². The minimum Gasteiger partial charge on any atom is -0.357 e. The van der Waals surface area contributed by atoms with Crippen molar-refractivity contribution in [3.05, 3.63) is 0 Å². The third kappa shape index (κ3) is 8.97. The summed E-state index contributed by atoms with van der Waals surface area (Å²) in [5.41, 5.74) is 0. The normalized spacial score (nSPS) is 25.1. The van der Waals surface area contributed by atoms with E-state index in [0.717, 1.165) is 24.3 Å². The number of nitrogens with one attached hydrogen (secondary N) is 2. The first-order chi connectivity index (χ1) is 12.2. The zero-order chi connectivity index (χ0) is 17.9. The first kappa shape index (κ1) is 24.3. The van der Waals surface area contributed by atoms with Crippen LogP contribution >= 0.6 is 35.7 Å². The number of aliphatic imine (C=N–C) groups is 1. The van der Waals surface area contributed by atoms with Gasteiger partial charge in [0, 0.05) is 50.6 Å². The van der Waals surface area contributed by atoms with Gasteiger partial charge in [-0.25, -0.2) is 0 Å². The Kier molecular flexibility index (Phi) is 13.4. The standard InChI is InChI=1S/C19H39N5S.HI/c1-4-20-19(22-17-8-9-18(16-17)25-3)21-10-6-7-11-24-14-12-23(5-2)13-15-24;/h17-18H,4-16H2,1-3H3,(H2,20,21,22);1H. The number of hydrogen-bond donors (Lipinski definition) is 2. The van der Waals surface area contributed by atoms with E-state index in [1.807, 2.05) is 11.8 Å². The summed E-state index contributed by atoms with van der Waals surface area (Å²) in [5, 5.41) is 7.88. The van der Waals surface area contributed by atoms with Gasteiger partial charge in [0.05, 0.1) is 0 Å². The van der Waals surface area contributed by atoms with Gasteiger partial charge in [-0.15, -0.1) is 24.0 Å². The van der Waals surface area contributed by atoms with E-state index in [1.54, 1.807) is 0 Å². The van der Waals surface area contributed by atoms with Crippen LogP contribution in [0.2, 0.25) is 0 Å². The van der Waals surface area contributed by atoms with E-state index in [1.165, 1.54) is 71.4 Å². The summed E-state index contributed by atoms with van der Waals surface area (Å²) in [6.07, 6.45) is 8.56. The maximum absolute atomic E-state index is 4.80. The van der Waals surface area contributed by atoms with Gasteiger partial charge in [0.15, 0.2) is 5.96 Å². The molecule has 5 nitrogen and oxygen atoms in total. The molecule has 7 heteroatoms. The number of halogens is 1. The lowest BCUT2D eigenvalue weighted by Crippen LogP contribution is -2.46. The molecule has 0 amide bonds. The van der Waals surface area contributed by atoms with Crippen molar-refractivity contribution in [3.8, 4) is 0 Å². The summed E-state index contributed by atoms with van der Waals surface area (Å²) in [5.74, 6) is 1.02. The number of hydrogen-bond acceptors (Lipinski definition) is 4. The Labute approximate surface area is 182 Å². The van der Waals surface area contributed by atoms with Crippen LogP contribution in [0.15, 0.2) is 4.99 Å². The Bertz CT molecular complexity index is 388. The molecule has 0 spiro atoms. The zero-order valence-electron chi connectivity index (χ0n) is 17.0. The van der Waals surface area contributed by atoms with E-state index in [-0.39, 0.29) is 24.0 Å². The van der Waals surface area contributed by atoms with Crippen molar-refractivity contribution in [3.63, 3.8) is 0 Å². The lowest BCUT2D eigenvalue weighted by Gasteiger charge is -2.33. The van der Waals surface area contributed by atoms with Crippen LogP contribution in [0.25, 0.3) is 0 Å². The van der Waals surface area contributed by atoms with Crippen LogP contribution in [0.5, 0.6) is 0 Å². The Balaban J connectivity index is 0.00000338. The van der Waals surface area contributed by atoms with E-state index in [4.69, 9.17) is 4.99 Å². The molecule has 0 aromatic heterocycles.